The van der Waals surface area contributed by atoms with E-state index in [4.69, 9.17) is 14.7 Å². The maximum absolute atomic E-state index is 10.6. The fourth-order valence-corrected chi connectivity index (χ4v) is 1.52. The first-order valence-electron chi connectivity index (χ1n) is 4.97. The lowest BCUT2D eigenvalue weighted by Crippen LogP contribution is -2.40. The van der Waals surface area contributed by atoms with Crippen LogP contribution in [0.1, 0.15) is 20.8 Å². The van der Waals surface area contributed by atoms with Crippen molar-refractivity contribution in [3.63, 3.8) is 0 Å². The minimum Gasteiger partial charge on any atom is -0.450 e. The Labute approximate surface area is 94.9 Å². The Bertz CT molecular complexity index is 327. The number of hydrogen-bond donors (Lipinski definition) is 1. The SMILES string of the molecule is CON1C=CC=C(C(C)(C)C)C1OC(=O)O. The van der Waals surface area contributed by atoms with E-state index in [1.807, 2.05) is 26.8 Å². The number of allylic oxidation sites excluding steroid dienone is 2. The molecule has 1 N–H and O–H groups in total. The van der Waals surface area contributed by atoms with E-state index in [1.165, 1.54) is 12.2 Å². The van der Waals surface area contributed by atoms with Crippen molar-refractivity contribution in [3.05, 3.63) is 23.9 Å². The number of ether oxygens (including phenoxy) is 1. The predicted molar refractivity (Wildman–Crippen MR) is 58.4 cm³/mol. The molecule has 1 atom stereocenters. The van der Waals surface area contributed by atoms with Crippen LogP contribution in [0.15, 0.2) is 23.9 Å². The van der Waals surface area contributed by atoms with Gasteiger partial charge < -0.3 is 9.84 Å². The third-order valence-electron chi connectivity index (χ3n) is 2.30. The van der Waals surface area contributed by atoms with Gasteiger partial charge in [-0.3, -0.25) is 4.84 Å². The number of nitrogens with zero attached hydrogens (tertiary/aromatic N) is 1. The van der Waals surface area contributed by atoms with Gasteiger partial charge in [0, 0.05) is 6.20 Å². The van der Waals surface area contributed by atoms with E-state index < -0.39 is 12.4 Å². The van der Waals surface area contributed by atoms with Gasteiger partial charge in [0.15, 0.2) is 0 Å². The summed E-state index contributed by atoms with van der Waals surface area (Å²) in [6.45, 7) is 5.97. The predicted octanol–water partition coefficient (Wildman–Crippen LogP) is 2.37. The molecule has 1 aliphatic rings. The smallest absolute Gasteiger partial charge is 0.450 e. The van der Waals surface area contributed by atoms with Crippen LogP contribution in [-0.4, -0.2) is 29.7 Å². The fraction of sp³-hybridized carbons (Fsp3) is 0.545. The Balaban J connectivity index is 2.98. The zero-order valence-electron chi connectivity index (χ0n) is 9.93. The van der Waals surface area contributed by atoms with Crippen molar-refractivity contribution in [2.75, 3.05) is 7.11 Å². The third-order valence-corrected chi connectivity index (χ3v) is 2.30. The van der Waals surface area contributed by atoms with Crippen molar-refractivity contribution in [2.45, 2.75) is 27.0 Å². The first-order valence-corrected chi connectivity index (χ1v) is 4.97. The maximum Gasteiger partial charge on any atom is 0.508 e. The molecule has 0 fully saturated rings. The van der Waals surface area contributed by atoms with Crippen LogP contribution in [0.25, 0.3) is 0 Å². The van der Waals surface area contributed by atoms with E-state index in [9.17, 15) is 4.79 Å². The highest BCUT2D eigenvalue weighted by Gasteiger charge is 2.33. The summed E-state index contributed by atoms with van der Waals surface area (Å²) in [5.74, 6) is 0. The summed E-state index contributed by atoms with van der Waals surface area (Å²) in [5.41, 5.74) is 0.654. The van der Waals surface area contributed by atoms with Gasteiger partial charge in [-0.15, -0.1) is 0 Å². The average Bonchev–Trinajstić information content (AvgIpc) is 2.15. The molecule has 1 rings (SSSR count). The molecule has 0 bridgehead atoms. The van der Waals surface area contributed by atoms with Gasteiger partial charge in [0.05, 0.1) is 7.11 Å². The summed E-state index contributed by atoms with van der Waals surface area (Å²) >= 11 is 0. The lowest BCUT2D eigenvalue weighted by Gasteiger charge is -2.36. The standard InChI is InChI=1S/C11H17NO4/c1-11(2,3)8-6-5-7-12(15-4)9(8)16-10(13)14/h5-7,9H,1-4H3,(H,13,14). The average molecular weight is 227 g/mol. The highest BCUT2D eigenvalue weighted by atomic mass is 16.7. The summed E-state index contributed by atoms with van der Waals surface area (Å²) in [4.78, 5) is 15.7. The van der Waals surface area contributed by atoms with E-state index in [0.29, 0.717) is 0 Å². The number of hydrogen-bond acceptors (Lipinski definition) is 4. The molecule has 16 heavy (non-hydrogen) atoms. The van der Waals surface area contributed by atoms with Crippen LogP contribution in [0.5, 0.6) is 0 Å². The quantitative estimate of drug-likeness (QED) is 0.734. The summed E-state index contributed by atoms with van der Waals surface area (Å²) < 4.78 is 4.83. The van der Waals surface area contributed by atoms with Gasteiger partial charge in [0.2, 0.25) is 6.23 Å². The summed E-state index contributed by atoms with van der Waals surface area (Å²) in [6.07, 6.45) is 3.22. The topological polar surface area (TPSA) is 59.0 Å². The molecule has 0 aromatic carbocycles. The molecule has 1 unspecified atom stereocenters. The van der Waals surface area contributed by atoms with Crippen LogP contribution >= 0.6 is 0 Å². The second-order valence-electron chi connectivity index (χ2n) is 4.49. The Morgan fingerprint density at radius 1 is 1.50 bits per heavy atom. The summed E-state index contributed by atoms with van der Waals surface area (Å²) in [5, 5.41) is 10.1. The van der Waals surface area contributed by atoms with Gasteiger partial charge in [-0.05, 0) is 17.1 Å². The third kappa shape index (κ3) is 2.76. The molecule has 0 radical (unpaired) electrons. The Kier molecular flexibility index (Phi) is 3.59. The molecule has 1 aliphatic heterocycles. The normalized spacial score (nSPS) is 20.6. The van der Waals surface area contributed by atoms with Gasteiger partial charge in [-0.1, -0.05) is 26.8 Å². The fourth-order valence-electron chi connectivity index (χ4n) is 1.52. The highest BCUT2D eigenvalue weighted by molar-refractivity contribution is 5.57. The monoisotopic (exact) mass is 227 g/mol. The van der Waals surface area contributed by atoms with Crippen LogP contribution in [-0.2, 0) is 9.57 Å². The number of hydroxylamine groups is 2. The van der Waals surface area contributed by atoms with Gasteiger partial charge in [0.1, 0.15) is 0 Å². The molecule has 0 aromatic rings. The molecule has 1 heterocycles. The molecule has 0 amide bonds. The van der Waals surface area contributed by atoms with Crippen molar-refractivity contribution in [2.24, 2.45) is 5.41 Å². The zero-order valence-corrected chi connectivity index (χ0v) is 9.93. The van der Waals surface area contributed by atoms with Crippen molar-refractivity contribution < 1.29 is 19.5 Å². The van der Waals surface area contributed by atoms with Gasteiger partial charge in [0.25, 0.3) is 0 Å². The lowest BCUT2D eigenvalue weighted by atomic mass is 9.84. The molecule has 0 saturated heterocycles. The molecule has 5 nitrogen and oxygen atoms in total. The van der Waals surface area contributed by atoms with Crippen molar-refractivity contribution in [1.29, 1.82) is 0 Å². The molecule has 0 aliphatic carbocycles. The Hall–Kier alpha value is -1.49. The van der Waals surface area contributed by atoms with E-state index in [2.05, 4.69) is 0 Å². The van der Waals surface area contributed by atoms with Gasteiger partial charge >= 0.3 is 6.16 Å². The molecule has 0 aromatic heterocycles. The summed E-state index contributed by atoms with van der Waals surface area (Å²) in [7, 11) is 1.47. The van der Waals surface area contributed by atoms with Gasteiger partial charge in [-0.2, -0.15) is 0 Å². The molecule has 90 valence electrons. The van der Waals surface area contributed by atoms with Crippen molar-refractivity contribution in [3.8, 4) is 0 Å². The molecule has 0 spiro atoms. The van der Waals surface area contributed by atoms with E-state index >= 15 is 0 Å². The molecule has 0 saturated carbocycles. The maximum atomic E-state index is 10.6. The molecular formula is C11H17NO4. The molecule has 5 heteroatoms. The largest absolute Gasteiger partial charge is 0.508 e. The highest BCUT2D eigenvalue weighted by Crippen LogP contribution is 2.33. The summed E-state index contributed by atoms with van der Waals surface area (Å²) in [6, 6.07) is 0. The van der Waals surface area contributed by atoms with E-state index in [1.54, 1.807) is 12.3 Å². The van der Waals surface area contributed by atoms with E-state index in [0.717, 1.165) is 5.57 Å². The Morgan fingerprint density at radius 2 is 2.12 bits per heavy atom. The van der Waals surface area contributed by atoms with Crippen LogP contribution in [0, 0.1) is 5.41 Å². The Morgan fingerprint density at radius 3 is 2.56 bits per heavy atom. The van der Waals surface area contributed by atoms with Crippen LogP contribution in [0.2, 0.25) is 0 Å². The first kappa shape index (κ1) is 12.6. The second kappa shape index (κ2) is 4.57. The number of carboxylic acid groups (broad SMARTS) is 1. The second-order valence-corrected chi connectivity index (χ2v) is 4.49. The van der Waals surface area contributed by atoms with Crippen molar-refractivity contribution >= 4 is 6.16 Å². The zero-order chi connectivity index (χ0) is 12.3. The minimum atomic E-state index is -1.32. The first-order chi connectivity index (χ1) is 7.36. The number of rotatable bonds is 2. The lowest BCUT2D eigenvalue weighted by molar-refractivity contribution is -0.181. The van der Waals surface area contributed by atoms with E-state index in [-0.39, 0.29) is 5.41 Å². The van der Waals surface area contributed by atoms with Crippen LogP contribution in [0.3, 0.4) is 0 Å². The number of carbonyl (C=O) groups is 1. The molecular weight excluding hydrogens is 210 g/mol. The van der Waals surface area contributed by atoms with Crippen LogP contribution < -0.4 is 0 Å². The minimum absolute atomic E-state index is 0.193. The van der Waals surface area contributed by atoms with Crippen LogP contribution in [0.4, 0.5) is 4.79 Å². The van der Waals surface area contributed by atoms with Crippen molar-refractivity contribution in [1.82, 2.24) is 5.06 Å². The van der Waals surface area contributed by atoms with Gasteiger partial charge in [-0.25, -0.2) is 9.86 Å².